The van der Waals surface area contributed by atoms with Crippen LogP contribution < -0.4 is 5.32 Å². The second kappa shape index (κ2) is 9.12. The number of halogens is 5. The van der Waals surface area contributed by atoms with Crippen LogP contribution in [0.25, 0.3) is 0 Å². The number of hydrogen-bond acceptors (Lipinski definition) is 4. The SMILES string of the molecule is CC(C)COC(=O)Nc1cccc(C2=NOC(C3=CC(Cl)CC(Cl)=C3)(C(F)(F)F)C2)c1. The van der Waals surface area contributed by atoms with Crippen LogP contribution >= 0.6 is 23.2 Å². The van der Waals surface area contributed by atoms with Crippen molar-refractivity contribution in [2.24, 2.45) is 11.1 Å². The largest absolute Gasteiger partial charge is 0.449 e. The quantitative estimate of drug-likeness (QED) is 0.501. The fourth-order valence-corrected chi connectivity index (χ4v) is 3.86. The number of benzene rings is 1. The van der Waals surface area contributed by atoms with Gasteiger partial charge in [-0.3, -0.25) is 5.32 Å². The monoisotopic (exact) mass is 476 g/mol. The minimum absolute atomic E-state index is 0.0821. The van der Waals surface area contributed by atoms with E-state index < -0.39 is 29.7 Å². The Hall–Kier alpha value is -2.19. The number of amides is 1. The van der Waals surface area contributed by atoms with Crippen LogP contribution in [0.4, 0.5) is 23.7 Å². The summed E-state index contributed by atoms with van der Waals surface area (Å²) in [5.74, 6) is 0.168. The number of carbonyl (C=O) groups excluding carboxylic acids is 1. The smallest absolute Gasteiger partial charge is 0.435 e. The van der Waals surface area contributed by atoms with Gasteiger partial charge in [0.25, 0.3) is 5.60 Å². The Kier molecular flexibility index (Phi) is 6.91. The number of rotatable bonds is 5. The number of allylic oxidation sites excluding steroid dienone is 2. The molecular formula is C21H21Cl2F3N2O3. The van der Waals surface area contributed by atoms with Crippen molar-refractivity contribution >= 4 is 40.7 Å². The van der Waals surface area contributed by atoms with E-state index in [-0.39, 0.29) is 35.3 Å². The summed E-state index contributed by atoms with van der Waals surface area (Å²) < 4.78 is 47.4. The van der Waals surface area contributed by atoms with Gasteiger partial charge in [0, 0.05) is 34.7 Å². The minimum Gasteiger partial charge on any atom is -0.449 e. The van der Waals surface area contributed by atoms with Crippen LogP contribution in [0.2, 0.25) is 0 Å². The molecule has 0 saturated heterocycles. The first-order valence-corrected chi connectivity index (χ1v) is 10.4. The molecule has 2 atom stereocenters. The van der Waals surface area contributed by atoms with E-state index in [4.69, 9.17) is 32.8 Å². The molecule has 1 N–H and O–H groups in total. The number of anilines is 1. The summed E-state index contributed by atoms with van der Waals surface area (Å²) in [6.45, 7) is 4.04. The summed E-state index contributed by atoms with van der Waals surface area (Å²) in [4.78, 5) is 16.9. The third-order valence-electron chi connectivity index (χ3n) is 4.70. The van der Waals surface area contributed by atoms with Crippen LogP contribution in [0.15, 0.2) is 52.2 Å². The lowest BCUT2D eigenvalue weighted by molar-refractivity contribution is -0.252. The lowest BCUT2D eigenvalue weighted by Crippen LogP contribution is -2.47. The van der Waals surface area contributed by atoms with Crippen molar-refractivity contribution < 1.29 is 27.5 Å². The normalized spacial score (nSPS) is 23.6. The highest BCUT2D eigenvalue weighted by Gasteiger charge is 2.63. The molecular weight excluding hydrogens is 456 g/mol. The molecule has 0 aromatic heterocycles. The second-order valence-corrected chi connectivity index (χ2v) is 8.81. The molecule has 1 amide bonds. The molecule has 0 fully saturated rings. The van der Waals surface area contributed by atoms with Crippen LogP contribution in [0.5, 0.6) is 0 Å². The van der Waals surface area contributed by atoms with Crippen molar-refractivity contribution in [3.63, 3.8) is 0 Å². The summed E-state index contributed by atoms with van der Waals surface area (Å²) in [7, 11) is 0. The van der Waals surface area contributed by atoms with E-state index in [9.17, 15) is 18.0 Å². The molecule has 31 heavy (non-hydrogen) atoms. The first kappa shape index (κ1) is 23.5. The van der Waals surface area contributed by atoms with Gasteiger partial charge in [-0.2, -0.15) is 13.2 Å². The van der Waals surface area contributed by atoms with E-state index in [2.05, 4.69) is 10.5 Å². The van der Waals surface area contributed by atoms with E-state index in [1.165, 1.54) is 18.2 Å². The molecule has 2 aliphatic rings. The lowest BCUT2D eigenvalue weighted by atomic mass is 9.83. The van der Waals surface area contributed by atoms with Crippen LogP contribution in [-0.2, 0) is 9.57 Å². The van der Waals surface area contributed by atoms with E-state index in [1.807, 2.05) is 13.8 Å². The molecule has 5 nitrogen and oxygen atoms in total. The lowest BCUT2D eigenvalue weighted by Gasteiger charge is -2.32. The number of nitrogens with one attached hydrogen (secondary N) is 1. The Bertz CT molecular complexity index is 944. The summed E-state index contributed by atoms with van der Waals surface area (Å²) in [6, 6.07) is 6.28. The summed E-state index contributed by atoms with van der Waals surface area (Å²) >= 11 is 12.0. The van der Waals surface area contributed by atoms with Gasteiger partial charge in [-0.15, -0.1) is 11.6 Å². The Morgan fingerprint density at radius 3 is 2.81 bits per heavy atom. The average molecular weight is 477 g/mol. The van der Waals surface area contributed by atoms with Crippen LogP contribution in [0, 0.1) is 5.92 Å². The minimum atomic E-state index is -4.76. The van der Waals surface area contributed by atoms with Crippen LogP contribution in [-0.4, -0.2) is 35.6 Å². The highest BCUT2D eigenvalue weighted by molar-refractivity contribution is 6.31. The fraction of sp³-hybridized carbons (Fsp3) is 0.429. The molecule has 1 heterocycles. The molecule has 1 aliphatic carbocycles. The van der Waals surface area contributed by atoms with Crippen molar-refractivity contribution in [1.29, 1.82) is 0 Å². The zero-order chi connectivity index (χ0) is 22.8. The maximum atomic E-state index is 14.1. The molecule has 10 heteroatoms. The maximum absolute atomic E-state index is 14.1. The van der Waals surface area contributed by atoms with Gasteiger partial charge in [0.1, 0.15) is 0 Å². The number of ether oxygens (including phenoxy) is 1. The Labute approximate surface area is 187 Å². The molecule has 0 radical (unpaired) electrons. The van der Waals surface area contributed by atoms with E-state index >= 15 is 0 Å². The van der Waals surface area contributed by atoms with Gasteiger partial charge in [0.2, 0.25) is 0 Å². The summed E-state index contributed by atoms with van der Waals surface area (Å²) in [5.41, 5.74) is -2.05. The molecule has 0 spiro atoms. The molecule has 2 unspecified atom stereocenters. The maximum Gasteiger partial charge on any atom is 0.435 e. The molecule has 0 bridgehead atoms. The molecule has 0 saturated carbocycles. The van der Waals surface area contributed by atoms with E-state index in [0.29, 0.717) is 11.3 Å². The van der Waals surface area contributed by atoms with Gasteiger partial charge in [0.05, 0.1) is 17.7 Å². The number of nitrogens with zero attached hydrogens (tertiary/aromatic N) is 1. The topological polar surface area (TPSA) is 59.9 Å². The van der Waals surface area contributed by atoms with Gasteiger partial charge in [-0.05, 0) is 24.1 Å². The zero-order valence-electron chi connectivity index (χ0n) is 16.8. The second-order valence-electron chi connectivity index (χ2n) is 7.76. The summed E-state index contributed by atoms with van der Waals surface area (Å²) in [6.07, 6.45) is -3.21. The number of hydrogen-bond donors (Lipinski definition) is 1. The number of carbonyl (C=O) groups is 1. The highest BCUT2D eigenvalue weighted by Crippen LogP contribution is 2.48. The van der Waals surface area contributed by atoms with Gasteiger partial charge >= 0.3 is 12.3 Å². The number of alkyl halides is 4. The van der Waals surface area contributed by atoms with Crippen molar-refractivity contribution in [3.05, 3.63) is 52.6 Å². The molecule has 1 aromatic carbocycles. The van der Waals surface area contributed by atoms with Crippen molar-refractivity contribution in [1.82, 2.24) is 0 Å². The van der Waals surface area contributed by atoms with Gasteiger partial charge in [0.15, 0.2) is 0 Å². The van der Waals surface area contributed by atoms with Gasteiger partial charge in [-0.25, -0.2) is 4.79 Å². The Morgan fingerprint density at radius 2 is 2.16 bits per heavy atom. The zero-order valence-corrected chi connectivity index (χ0v) is 18.3. The van der Waals surface area contributed by atoms with Crippen LogP contribution in [0.1, 0.15) is 32.3 Å². The number of oxime groups is 1. The fourth-order valence-electron chi connectivity index (χ4n) is 3.20. The predicted molar refractivity (Wildman–Crippen MR) is 114 cm³/mol. The Balaban J connectivity index is 1.82. The highest BCUT2D eigenvalue weighted by atomic mass is 35.5. The van der Waals surface area contributed by atoms with E-state index in [0.717, 1.165) is 0 Å². The Morgan fingerprint density at radius 1 is 1.42 bits per heavy atom. The van der Waals surface area contributed by atoms with Crippen molar-refractivity contribution in [3.8, 4) is 0 Å². The predicted octanol–water partition coefficient (Wildman–Crippen LogP) is 6.38. The molecule has 168 valence electrons. The van der Waals surface area contributed by atoms with Crippen molar-refractivity contribution in [2.75, 3.05) is 11.9 Å². The van der Waals surface area contributed by atoms with Crippen LogP contribution in [0.3, 0.4) is 0 Å². The average Bonchev–Trinajstić information content (AvgIpc) is 3.13. The standard InChI is InChI=1S/C21H21Cl2F3N2O3/c1-12(2)11-30-19(29)27-17-5-3-4-13(6-17)18-10-20(31-28-18,21(24,25)26)14-7-15(22)9-16(23)8-14/h3-8,12,15H,9-11H2,1-2H3,(H,27,29). The first-order chi connectivity index (χ1) is 14.5. The first-order valence-electron chi connectivity index (χ1n) is 9.58. The molecule has 1 aromatic rings. The van der Waals surface area contributed by atoms with Crippen molar-refractivity contribution in [2.45, 2.75) is 43.8 Å². The van der Waals surface area contributed by atoms with E-state index in [1.54, 1.807) is 18.2 Å². The molecule has 3 rings (SSSR count). The third kappa shape index (κ3) is 5.36. The van der Waals surface area contributed by atoms with Gasteiger partial charge < -0.3 is 9.57 Å². The molecule has 1 aliphatic heterocycles. The third-order valence-corrected chi connectivity index (χ3v) is 5.25. The van der Waals surface area contributed by atoms with Gasteiger partial charge in [-0.1, -0.05) is 48.8 Å². The summed E-state index contributed by atoms with van der Waals surface area (Å²) in [5, 5.41) is 5.81.